The van der Waals surface area contributed by atoms with Crippen molar-refractivity contribution in [2.45, 2.75) is 27.3 Å². The summed E-state index contributed by atoms with van der Waals surface area (Å²) in [7, 11) is 0. The van der Waals surface area contributed by atoms with E-state index in [-0.39, 0.29) is 0 Å². The topological polar surface area (TPSA) is 12.0 Å². The van der Waals surface area contributed by atoms with E-state index in [0.29, 0.717) is 0 Å². The Morgan fingerprint density at radius 2 is 1.61 bits per heavy atom. The number of aryl methyl sites for hydroxylation is 3. The number of hydrogen-bond donors (Lipinski definition) is 1. The number of hydrogen-bond acceptors (Lipinski definition) is 1. The highest BCUT2D eigenvalue weighted by Gasteiger charge is 2.02. The number of nitrogens with one attached hydrogen (secondary N) is 1. The minimum absolute atomic E-state index is 0.857. The van der Waals surface area contributed by atoms with Crippen LogP contribution in [0.1, 0.15) is 22.3 Å². The quantitative estimate of drug-likeness (QED) is 0.842. The van der Waals surface area contributed by atoms with Crippen molar-refractivity contribution in [3.63, 3.8) is 0 Å². The summed E-state index contributed by atoms with van der Waals surface area (Å²) in [6.45, 7) is 7.25. The zero-order valence-corrected chi connectivity index (χ0v) is 12.6. The normalized spacial score (nSPS) is 10.4. The highest BCUT2D eigenvalue weighted by molar-refractivity contribution is 9.10. The van der Waals surface area contributed by atoms with Crippen molar-refractivity contribution in [3.8, 4) is 0 Å². The second-order valence-electron chi connectivity index (χ2n) is 4.77. The maximum Gasteiger partial charge on any atom is 0.0489 e. The third kappa shape index (κ3) is 3.14. The van der Waals surface area contributed by atoms with Gasteiger partial charge >= 0.3 is 0 Å². The second-order valence-corrected chi connectivity index (χ2v) is 5.62. The van der Waals surface area contributed by atoms with Gasteiger partial charge in [-0.2, -0.15) is 0 Å². The van der Waals surface area contributed by atoms with Gasteiger partial charge in [-0.25, -0.2) is 0 Å². The van der Waals surface area contributed by atoms with E-state index in [2.05, 4.69) is 78.4 Å². The summed E-state index contributed by atoms with van der Waals surface area (Å²) >= 11 is 3.57. The van der Waals surface area contributed by atoms with Crippen molar-refractivity contribution in [2.75, 3.05) is 5.32 Å². The molecule has 0 aliphatic carbocycles. The lowest BCUT2D eigenvalue weighted by molar-refractivity contribution is 1.11. The third-order valence-corrected chi connectivity index (χ3v) is 3.79. The van der Waals surface area contributed by atoms with Gasteiger partial charge < -0.3 is 5.32 Å². The molecular weight excluding hydrogens is 286 g/mol. The molecule has 2 rings (SSSR count). The summed E-state index contributed by atoms with van der Waals surface area (Å²) < 4.78 is 1.11. The zero-order valence-electron chi connectivity index (χ0n) is 11.0. The summed E-state index contributed by atoms with van der Waals surface area (Å²) in [6, 6.07) is 12.9. The van der Waals surface area contributed by atoms with E-state index in [4.69, 9.17) is 0 Å². The summed E-state index contributed by atoms with van der Waals surface area (Å²) in [5.41, 5.74) is 6.40. The number of halogens is 1. The van der Waals surface area contributed by atoms with Crippen LogP contribution in [0.5, 0.6) is 0 Å². The zero-order chi connectivity index (χ0) is 13.1. The fraction of sp³-hybridized carbons (Fsp3) is 0.250. The van der Waals surface area contributed by atoms with E-state index in [1.807, 2.05) is 0 Å². The molecule has 0 saturated carbocycles. The Kier molecular flexibility index (Phi) is 4.07. The Bertz CT molecular complexity index is 510. The third-order valence-electron chi connectivity index (χ3n) is 3.10. The molecule has 0 unspecified atom stereocenters. The Morgan fingerprint density at radius 3 is 2.39 bits per heavy atom. The minimum Gasteiger partial charge on any atom is -0.380 e. The van der Waals surface area contributed by atoms with Gasteiger partial charge in [-0.3, -0.25) is 0 Å². The molecule has 1 nitrogen and oxygen atoms in total. The van der Waals surface area contributed by atoms with E-state index >= 15 is 0 Å². The lowest BCUT2D eigenvalue weighted by atomic mass is 10.1. The highest BCUT2D eigenvalue weighted by Crippen LogP contribution is 2.24. The standard InChI is InChI=1S/C16H18BrN/c1-11-4-6-13(3)14(8-11)10-18-16-9-12(2)5-7-15(16)17/h4-9,18H,10H2,1-3H3. The Labute approximate surface area is 117 Å². The van der Waals surface area contributed by atoms with E-state index in [1.165, 1.54) is 22.3 Å². The predicted octanol–water partition coefficient (Wildman–Crippen LogP) is 4.99. The SMILES string of the molecule is Cc1ccc(C)c(CNc2cc(C)ccc2Br)c1. The monoisotopic (exact) mass is 303 g/mol. The van der Waals surface area contributed by atoms with Crippen LogP contribution in [-0.2, 0) is 6.54 Å². The molecule has 0 aliphatic heterocycles. The highest BCUT2D eigenvalue weighted by atomic mass is 79.9. The minimum atomic E-state index is 0.857. The first-order valence-corrected chi connectivity index (χ1v) is 6.92. The van der Waals surface area contributed by atoms with Crippen LogP contribution in [0, 0.1) is 20.8 Å². The molecule has 2 aromatic carbocycles. The molecule has 2 aromatic rings. The summed E-state index contributed by atoms with van der Waals surface area (Å²) in [6.07, 6.45) is 0. The van der Waals surface area contributed by atoms with Gasteiger partial charge in [0.15, 0.2) is 0 Å². The smallest absolute Gasteiger partial charge is 0.0489 e. The van der Waals surface area contributed by atoms with Crippen LogP contribution >= 0.6 is 15.9 Å². The summed E-state index contributed by atoms with van der Waals surface area (Å²) in [5, 5.41) is 3.49. The van der Waals surface area contributed by atoms with Gasteiger partial charge in [-0.1, -0.05) is 29.8 Å². The van der Waals surface area contributed by atoms with Crippen LogP contribution in [0.25, 0.3) is 0 Å². The molecule has 0 bridgehead atoms. The van der Waals surface area contributed by atoms with Gasteiger partial charge in [-0.15, -0.1) is 0 Å². The van der Waals surface area contributed by atoms with Gasteiger partial charge in [0, 0.05) is 16.7 Å². The van der Waals surface area contributed by atoms with Crippen molar-refractivity contribution in [3.05, 3.63) is 63.1 Å². The first-order valence-electron chi connectivity index (χ1n) is 6.12. The lowest BCUT2D eigenvalue weighted by Gasteiger charge is -2.12. The fourth-order valence-corrected chi connectivity index (χ4v) is 2.34. The molecule has 2 heteroatoms. The van der Waals surface area contributed by atoms with Gasteiger partial charge in [0.25, 0.3) is 0 Å². The lowest BCUT2D eigenvalue weighted by Crippen LogP contribution is -2.02. The van der Waals surface area contributed by atoms with Crippen molar-refractivity contribution >= 4 is 21.6 Å². The fourth-order valence-electron chi connectivity index (χ4n) is 1.96. The maximum absolute atomic E-state index is 3.57. The summed E-state index contributed by atoms with van der Waals surface area (Å²) in [5.74, 6) is 0. The second kappa shape index (κ2) is 5.57. The molecule has 18 heavy (non-hydrogen) atoms. The maximum atomic E-state index is 3.57. The first-order chi connectivity index (χ1) is 8.56. The van der Waals surface area contributed by atoms with Crippen molar-refractivity contribution < 1.29 is 0 Å². The predicted molar refractivity (Wildman–Crippen MR) is 82.1 cm³/mol. The molecule has 0 radical (unpaired) electrons. The average molecular weight is 304 g/mol. The van der Waals surface area contributed by atoms with Crippen LogP contribution in [0.4, 0.5) is 5.69 Å². The molecule has 0 fully saturated rings. The van der Waals surface area contributed by atoms with Crippen LogP contribution < -0.4 is 5.32 Å². The van der Waals surface area contributed by atoms with Crippen LogP contribution in [0.15, 0.2) is 40.9 Å². The molecule has 1 N–H and O–H groups in total. The first kappa shape index (κ1) is 13.2. The molecule has 0 amide bonds. The number of rotatable bonds is 3. The van der Waals surface area contributed by atoms with E-state index < -0.39 is 0 Å². The van der Waals surface area contributed by atoms with Crippen molar-refractivity contribution in [1.29, 1.82) is 0 Å². The van der Waals surface area contributed by atoms with Crippen LogP contribution in [0.3, 0.4) is 0 Å². The Morgan fingerprint density at radius 1 is 0.944 bits per heavy atom. The summed E-state index contributed by atoms with van der Waals surface area (Å²) in [4.78, 5) is 0. The number of anilines is 1. The van der Waals surface area contributed by atoms with Crippen molar-refractivity contribution in [2.24, 2.45) is 0 Å². The molecule has 0 atom stereocenters. The van der Waals surface area contributed by atoms with Crippen LogP contribution in [0.2, 0.25) is 0 Å². The Balaban J connectivity index is 2.16. The van der Waals surface area contributed by atoms with Gasteiger partial charge in [0.05, 0.1) is 0 Å². The van der Waals surface area contributed by atoms with Gasteiger partial charge in [0.1, 0.15) is 0 Å². The average Bonchev–Trinajstić information content (AvgIpc) is 2.34. The van der Waals surface area contributed by atoms with Gasteiger partial charge in [-0.05, 0) is 65.5 Å². The van der Waals surface area contributed by atoms with Crippen LogP contribution in [-0.4, -0.2) is 0 Å². The van der Waals surface area contributed by atoms with Crippen molar-refractivity contribution in [1.82, 2.24) is 0 Å². The molecule has 0 saturated heterocycles. The molecule has 0 aromatic heterocycles. The Hall–Kier alpha value is -1.28. The molecular formula is C16H18BrN. The molecule has 94 valence electrons. The van der Waals surface area contributed by atoms with Gasteiger partial charge in [0.2, 0.25) is 0 Å². The van der Waals surface area contributed by atoms with E-state index in [1.54, 1.807) is 0 Å². The molecule has 0 aliphatic rings. The largest absolute Gasteiger partial charge is 0.380 e. The van der Waals surface area contributed by atoms with E-state index in [9.17, 15) is 0 Å². The molecule has 0 heterocycles. The number of benzene rings is 2. The van der Waals surface area contributed by atoms with E-state index in [0.717, 1.165) is 16.7 Å². The molecule has 0 spiro atoms.